The molecule has 0 radical (unpaired) electrons. The number of amides is 1. The minimum absolute atomic E-state index is 0.0176. The number of carbonyl (C=O) groups is 3. The number of rotatable bonds is 7. The van der Waals surface area contributed by atoms with E-state index in [0.29, 0.717) is 34.6 Å². The first-order chi connectivity index (χ1) is 16.3. The number of anilines is 1. The topological polar surface area (TPSA) is 98.6 Å². The van der Waals surface area contributed by atoms with Gasteiger partial charge in [-0.05, 0) is 49.2 Å². The Morgan fingerprint density at radius 3 is 2.68 bits per heavy atom. The second-order valence-corrected chi connectivity index (χ2v) is 9.39. The predicted octanol–water partition coefficient (Wildman–Crippen LogP) is 3.23. The molecule has 1 aliphatic heterocycles. The predicted molar refractivity (Wildman–Crippen MR) is 130 cm³/mol. The largest absolute Gasteiger partial charge is 0.469 e. The highest BCUT2D eigenvalue weighted by atomic mass is 32.2. The molecular weight excluding hydrogens is 454 g/mol. The lowest BCUT2D eigenvalue weighted by atomic mass is 10.0. The van der Waals surface area contributed by atoms with Crippen LogP contribution in [0, 0.1) is 0 Å². The van der Waals surface area contributed by atoms with Gasteiger partial charge in [-0.25, -0.2) is 4.98 Å². The maximum Gasteiger partial charge on any atom is 0.307 e. The Labute approximate surface area is 200 Å². The molecular formula is C25H25N3O5S. The Kier molecular flexibility index (Phi) is 6.83. The normalized spacial score (nSPS) is 13.6. The molecule has 2 aromatic carbocycles. The molecule has 0 spiro atoms. The van der Waals surface area contributed by atoms with Crippen LogP contribution in [0.25, 0.3) is 10.9 Å². The summed E-state index contributed by atoms with van der Waals surface area (Å²) in [7, 11) is 1.30. The van der Waals surface area contributed by atoms with E-state index < -0.39 is 11.2 Å². The molecule has 0 aliphatic carbocycles. The van der Waals surface area contributed by atoms with E-state index in [0.717, 1.165) is 11.3 Å². The fourth-order valence-electron chi connectivity index (χ4n) is 4.07. The van der Waals surface area contributed by atoms with E-state index in [4.69, 9.17) is 4.74 Å². The summed E-state index contributed by atoms with van der Waals surface area (Å²) in [4.78, 5) is 56.2. The van der Waals surface area contributed by atoms with Crippen molar-refractivity contribution in [2.75, 3.05) is 18.6 Å². The summed E-state index contributed by atoms with van der Waals surface area (Å²) in [6.07, 6.45) is 0.723. The average molecular weight is 480 g/mol. The van der Waals surface area contributed by atoms with Crippen molar-refractivity contribution in [3.05, 3.63) is 63.9 Å². The number of benzene rings is 2. The van der Waals surface area contributed by atoms with Gasteiger partial charge in [-0.15, -0.1) is 0 Å². The number of thioether (sulfide) groups is 1. The van der Waals surface area contributed by atoms with Gasteiger partial charge in [-0.2, -0.15) is 0 Å². The number of nitrogens with zero attached hydrogens (tertiary/aromatic N) is 3. The Bertz CT molecular complexity index is 1350. The minimum Gasteiger partial charge on any atom is -0.469 e. The van der Waals surface area contributed by atoms with Gasteiger partial charge < -0.3 is 9.64 Å². The zero-order chi connectivity index (χ0) is 24.4. The Morgan fingerprint density at radius 1 is 1.18 bits per heavy atom. The van der Waals surface area contributed by atoms with Crippen LogP contribution in [0.15, 0.2) is 52.4 Å². The molecule has 0 N–H and O–H groups in total. The summed E-state index contributed by atoms with van der Waals surface area (Å²) in [5, 5.41) is 0.294. The second kappa shape index (κ2) is 9.80. The lowest BCUT2D eigenvalue weighted by molar-refractivity contribution is -0.140. The number of ketones is 1. The molecule has 1 amide bonds. The third-order valence-corrected chi connectivity index (χ3v) is 6.98. The van der Waals surface area contributed by atoms with Crippen LogP contribution in [0.2, 0.25) is 0 Å². The Hall–Kier alpha value is -3.46. The summed E-state index contributed by atoms with van der Waals surface area (Å²) in [6.45, 7) is 4.02. The number of para-hydroxylation sites is 1. The maximum atomic E-state index is 13.2. The van der Waals surface area contributed by atoms with Gasteiger partial charge in [0.2, 0.25) is 5.91 Å². The first-order valence-corrected chi connectivity index (χ1v) is 11.9. The summed E-state index contributed by atoms with van der Waals surface area (Å²) >= 11 is 1.19. The molecule has 1 aliphatic rings. The molecule has 3 aromatic rings. The van der Waals surface area contributed by atoms with E-state index >= 15 is 0 Å². The molecule has 1 aromatic heterocycles. The third-order valence-electron chi connectivity index (χ3n) is 5.88. The zero-order valence-corrected chi connectivity index (χ0v) is 20.1. The monoisotopic (exact) mass is 479 g/mol. The first kappa shape index (κ1) is 23.7. The Balaban J connectivity index is 1.62. The molecule has 0 bridgehead atoms. The van der Waals surface area contributed by atoms with Crippen LogP contribution in [0.4, 0.5) is 5.69 Å². The second-order valence-electron chi connectivity index (χ2n) is 8.08. The van der Waals surface area contributed by atoms with Gasteiger partial charge in [0.05, 0.1) is 29.7 Å². The van der Waals surface area contributed by atoms with Crippen molar-refractivity contribution in [1.29, 1.82) is 0 Å². The number of fused-ring (bicyclic) bond motifs is 2. The third kappa shape index (κ3) is 4.61. The van der Waals surface area contributed by atoms with Crippen molar-refractivity contribution in [2.45, 2.75) is 43.6 Å². The van der Waals surface area contributed by atoms with Gasteiger partial charge in [0, 0.05) is 31.3 Å². The number of Topliss-reactive ketones (excluding diaryl/α,β-unsaturated/α-hetero) is 1. The van der Waals surface area contributed by atoms with Crippen LogP contribution in [0.1, 0.15) is 36.2 Å². The lowest BCUT2D eigenvalue weighted by Gasteiger charge is -2.17. The smallest absolute Gasteiger partial charge is 0.307 e. The molecule has 9 heteroatoms. The van der Waals surface area contributed by atoms with Crippen molar-refractivity contribution in [1.82, 2.24) is 9.55 Å². The summed E-state index contributed by atoms with van der Waals surface area (Å²) in [5.41, 5.74) is 2.63. The molecule has 4 rings (SSSR count). The quantitative estimate of drug-likeness (QED) is 0.222. The molecule has 0 fully saturated rings. The fourth-order valence-corrected chi connectivity index (χ4v) is 5.08. The molecule has 1 atom stereocenters. The van der Waals surface area contributed by atoms with Crippen molar-refractivity contribution in [3.63, 3.8) is 0 Å². The number of esters is 1. The number of hydrogen-bond acceptors (Lipinski definition) is 7. The summed E-state index contributed by atoms with van der Waals surface area (Å²) in [6, 6.07) is 12.4. The van der Waals surface area contributed by atoms with Crippen molar-refractivity contribution in [2.24, 2.45) is 0 Å². The molecule has 2 heterocycles. The number of methoxy groups -OCH3 is 1. The van der Waals surface area contributed by atoms with Gasteiger partial charge in [0.1, 0.15) is 0 Å². The zero-order valence-electron chi connectivity index (χ0n) is 19.2. The fraction of sp³-hybridized carbons (Fsp3) is 0.320. The van der Waals surface area contributed by atoms with Gasteiger partial charge in [-0.3, -0.25) is 23.7 Å². The van der Waals surface area contributed by atoms with Crippen LogP contribution < -0.4 is 10.5 Å². The number of aromatic nitrogens is 2. The Morgan fingerprint density at radius 2 is 1.94 bits per heavy atom. The van der Waals surface area contributed by atoms with Crippen molar-refractivity contribution < 1.29 is 19.1 Å². The maximum absolute atomic E-state index is 13.2. The van der Waals surface area contributed by atoms with Crippen LogP contribution in [0.3, 0.4) is 0 Å². The van der Waals surface area contributed by atoms with Gasteiger partial charge in [0.25, 0.3) is 5.56 Å². The highest BCUT2D eigenvalue weighted by Gasteiger charge is 2.25. The number of ether oxygens (including phenoxy) is 1. The van der Waals surface area contributed by atoms with Crippen LogP contribution in [-0.4, -0.2) is 46.1 Å². The molecule has 176 valence electrons. The number of carbonyl (C=O) groups excluding carboxylic acids is 3. The summed E-state index contributed by atoms with van der Waals surface area (Å²) < 4.78 is 6.15. The van der Waals surface area contributed by atoms with Crippen LogP contribution >= 0.6 is 11.8 Å². The first-order valence-electron chi connectivity index (χ1n) is 11.0. The minimum atomic E-state index is -0.527. The van der Waals surface area contributed by atoms with Crippen molar-refractivity contribution >= 4 is 46.0 Å². The van der Waals surface area contributed by atoms with Gasteiger partial charge >= 0.3 is 5.97 Å². The van der Waals surface area contributed by atoms with E-state index in [9.17, 15) is 19.2 Å². The van der Waals surface area contributed by atoms with E-state index in [1.54, 1.807) is 42.2 Å². The highest BCUT2D eigenvalue weighted by molar-refractivity contribution is 8.00. The standard InChI is InChI=1S/C25H25N3O5S/c1-15(23(31)18-8-9-21-17(14-18)10-12-27(21)16(2)29)34-25-26-20-7-5-4-6-19(20)24(32)28(25)13-11-22(30)33-3/h4-9,14-15H,10-13H2,1-3H3/t15-/m1/s1. The molecule has 0 saturated carbocycles. The van der Waals surface area contributed by atoms with E-state index in [1.165, 1.54) is 30.4 Å². The SMILES string of the molecule is COC(=O)CCn1c(S[C@H](C)C(=O)c2ccc3c(c2)CCN3C(C)=O)nc2ccccc2c1=O. The molecule has 34 heavy (non-hydrogen) atoms. The molecule has 0 unspecified atom stereocenters. The van der Waals surface area contributed by atoms with E-state index in [2.05, 4.69) is 4.98 Å². The lowest BCUT2D eigenvalue weighted by Crippen LogP contribution is -2.26. The van der Waals surface area contributed by atoms with Crippen LogP contribution in [0.5, 0.6) is 0 Å². The average Bonchev–Trinajstić information content (AvgIpc) is 3.26. The van der Waals surface area contributed by atoms with Crippen LogP contribution in [-0.2, 0) is 27.3 Å². The number of hydrogen-bond donors (Lipinski definition) is 0. The molecule has 8 nitrogen and oxygen atoms in total. The van der Waals surface area contributed by atoms with Crippen molar-refractivity contribution in [3.8, 4) is 0 Å². The van der Waals surface area contributed by atoms with Gasteiger partial charge in [-0.1, -0.05) is 23.9 Å². The van der Waals surface area contributed by atoms with E-state index in [1.807, 2.05) is 12.1 Å². The van der Waals surface area contributed by atoms with Gasteiger partial charge in [0.15, 0.2) is 10.9 Å². The molecule has 0 saturated heterocycles. The highest BCUT2D eigenvalue weighted by Crippen LogP contribution is 2.31. The summed E-state index contributed by atoms with van der Waals surface area (Å²) in [5.74, 6) is -0.553. The van der Waals surface area contributed by atoms with E-state index in [-0.39, 0.29) is 30.2 Å².